The molecule has 3 heterocycles. The second-order valence-corrected chi connectivity index (χ2v) is 7.41. The average molecular weight is 376 g/mol. The molecular formula is C22H24N4O2. The highest BCUT2D eigenvalue weighted by atomic mass is 16.5. The Hall–Kier alpha value is -2.99. The van der Waals surface area contributed by atoms with Crippen molar-refractivity contribution in [3.05, 3.63) is 64.8 Å². The fourth-order valence-corrected chi connectivity index (χ4v) is 3.47. The van der Waals surface area contributed by atoms with Crippen molar-refractivity contribution in [1.82, 2.24) is 19.2 Å². The van der Waals surface area contributed by atoms with Crippen LogP contribution in [0, 0.1) is 5.92 Å². The summed E-state index contributed by atoms with van der Waals surface area (Å²) in [6.45, 7) is 5.39. The van der Waals surface area contributed by atoms with Crippen LogP contribution < -0.4 is 5.56 Å². The molecule has 0 amide bonds. The predicted octanol–water partition coefficient (Wildman–Crippen LogP) is 3.90. The highest BCUT2D eigenvalue weighted by molar-refractivity contribution is 5.86. The summed E-state index contributed by atoms with van der Waals surface area (Å²) in [5.74, 6) is 0.541. The number of fused-ring (bicyclic) bond motifs is 3. The van der Waals surface area contributed by atoms with Gasteiger partial charge in [0.15, 0.2) is 5.65 Å². The number of rotatable bonds is 6. The highest BCUT2D eigenvalue weighted by Crippen LogP contribution is 2.29. The molecule has 4 rings (SSSR count). The van der Waals surface area contributed by atoms with Gasteiger partial charge in [0.2, 0.25) is 0 Å². The van der Waals surface area contributed by atoms with Gasteiger partial charge in [0, 0.05) is 26.0 Å². The zero-order chi connectivity index (χ0) is 19.7. The number of methoxy groups -OCH3 is 1. The summed E-state index contributed by atoms with van der Waals surface area (Å²) >= 11 is 0. The molecule has 1 aromatic carbocycles. The molecular weight excluding hydrogens is 352 g/mol. The molecule has 0 spiro atoms. The lowest BCUT2D eigenvalue weighted by atomic mass is 10.1. The molecule has 28 heavy (non-hydrogen) atoms. The Morgan fingerprint density at radius 2 is 1.93 bits per heavy atom. The van der Waals surface area contributed by atoms with Crippen molar-refractivity contribution < 1.29 is 4.74 Å². The van der Waals surface area contributed by atoms with Crippen LogP contribution in [0.3, 0.4) is 0 Å². The lowest BCUT2D eigenvalue weighted by Gasteiger charge is -2.09. The molecule has 0 saturated carbocycles. The Bertz CT molecular complexity index is 1180. The van der Waals surface area contributed by atoms with Gasteiger partial charge in [-0.2, -0.15) is 5.10 Å². The quantitative estimate of drug-likeness (QED) is 0.512. The summed E-state index contributed by atoms with van der Waals surface area (Å²) in [7, 11) is 1.65. The van der Waals surface area contributed by atoms with Gasteiger partial charge in [0.05, 0.1) is 28.8 Å². The van der Waals surface area contributed by atoms with Crippen molar-refractivity contribution >= 4 is 16.6 Å². The maximum absolute atomic E-state index is 12.9. The first-order chi connectivity index (χ1) is 13.6. The van der Waals surface area contributed by atoms with E-state index in [4.69, 9.17) is 9.84 Å². The van der Waals surface area contributed by atoms with Crippen LogP contribution in [-0.4, -0.2) is 26.3 Å². The molecule has 0 radical (unpaired) electrons. The van der Waals surface area contributed by atoms with E-state index in [0.29, 0.717) is 24.5 Å². The first-order valence-corrected chi connectivity index (χ1v) is 9.54. The van der Waals surface area contributed by atoms with Crippen LogP contribution >= 0.6 is 0 Å². The summed E-state index contributed by atoms with van der Waals surface area (Å²) in [4.78, 5) is 17.5. The van der Waals surface area contributed by atoms with Crippen molar-refractivity contribution in [2.24, 2.45) is 5.92 Å². The molecule has 0 aliphatic rings. The minimum Gasteiger partial charge on any atom is -0.378 e. The van der Waals surface area contributed by atoms with E-state index < -0.39 is 0 Å². The largest absolute Gasteiger partial charge is 0.378 e. The van der Waals surface area contributed by atoms with Gasteiger partial charge in [-0.15, -0.1) is 0 Å². The molecule has 6 nitrogen and oxygen atoms in total. The zero-order valence-corrected chi connectivity index (χ0v) is 16.4. The van der Waals surface area contributed by atoms with Gasteiger partial charge in [0.25, 0.3) is 5.56 Å². The van der Waals surface area contributed by atoms with Gasteiger partial charge < -0.3 is 9.30 Å². The standard InChI is InChI=1S/C22H24N4O2/c1-15(2)9-11-25-12-10-19-17(22(25)27)13-23-21-20(16-7-5-4-6-8-16)18(14-28-3)24-26(19)21/h4-8,10,12-13,15H,9,11,14H2,1-3H3. The van der Waals surface area contributed by atoms with Gasteiger partial charge in [-0.1, -0.05) is 44.2 Å². The second-order valence-electron chi connectivity index (χ2n) is 7.41. The van der Waals surface area contributed by atoms with Gasteiger partial charge in [0.1, 0.15) is 0 Å². The van der Waals surface area contributed by atoms with Crippen LogP contribution in [0.1, 0.15) is 26.0 Å². The number of pyridine rings is 1. The van der Waals surface area contributed by atoms with E-state index in [9.17, 15) is 4.79 Å². The molecule has 144 valence electrons. The summed E-state index contributed by atoms with van der Waals surface area (Å²) in [5.41, 5.74) is 4.23. The van der Waals surface area contributed by atoms with E-state index in [2.05, 4.69) is 18.8 Å². The van der Waals surface area contributed by atoms with Crippen LogP contribution in [0.4, 0.5) is 0 Å². The Balaban J connectivity index is 1.93. The molecule has 0 aliphatic heterocycles. The van der Waals surface area contributed by atoms with Crippen molar-refractivity contribution in [3.63, 3.8) is 0 Å². The van der Waals surface area contributed by atoms with Crippen molar-refractivity contribution in [1.29, 1.82) is 0 Å². The van der Waals surface area contributed by atoms with Crippen LogP contribution in [0.25, 0.3) is 27.7 Å². The third kappa shape index (κ3) is 3.20. The first-order valence-electron chi connectivity index (χ1n) is 9.54. The van der Waals surface area contributed by atoms with Crippen LogP contribution in [0.15, 0.2) is 53.6 Å². The Kier molecular flexibility index (Phi) is 4.96. The molecule has 0 fully saturated rings. The predicted molar refractivity (Wildman–Crippen MR) is 110 cm³/mol. The SMILES string of the molecule is COCc1nn2c(ncc3c(=O)n(CCC(C)C)ccc32)c1-c1ccccc1. The number of nitrogens with zero attached hydrogens (tertiary/aromatic N) is 4. The maximum atomic E-state index is 12.9. The first kappa shape index (κ1) is 18.4. The zero-order valence-electron chi connectivity index (χ0n) is 16.4. The van der Waals surface area contributed by atoms with Gasteiger partial charge in [-0.25, -0.2) is 9.50 Å². The summed E-state index contributed by atoms with van der Waals surface area (Å²) in [6.07, 6.45) is 4.48. The van der Waals surface area contributed by atoms with E-state index in [-0.39, 0.29) is 5.56 Å². The molecule has 0 unspecified atom stereocenters. The van der Waals surface area contributed by atoms with Crippen LogP contribution in [-0.2, 0) is 17.9 Å². The molecule has 0 aliphatic carbocycles. The fraction of sp³-hybridized carbons (Fsp3) is 0.318. The topological polar surface area (TPSA) is 61.4 Å². The number of aryl methyl sites for hydroxylation is 1. The Morgan fingerprint density at radius 3 is 2.64 bits per heavy atom. The monoisotopic (exact) mass is 376 g/mol. The van der Waals surface area contributed by atoms with E-state index in [1.165, 1.54) is 0 Å². The summed E-state index contributed by atoms with van der Waals surface area (Å²) in [6, 6.07) is 12.0. The highest BCUT2D eigenvalue weighted by Gasteiger charge is 2.18. The number of ether oxygens (including phenoxy) is 1. The van der Waals surface area contributed by atoms with Crippen LogP contribution in [0.5, 0.6) is 0 Å². The molecule has 6 heteroatoms. The third-order valence-corrected chi connectivity index (χ3v) is 4.95. The van der Waals surface area contributed by atoms with Gasteiger partial charge in [-0.05, 0) is 24.0 Å². The molecule has 0 atom stereocenters. The average Bonchev–Trinajstić information content (AvgIpc) is 3.06. The summed E-state index contributed by atoms with van der Waals surface area (Å²) < 4.78 is 8.88. The van der Waals surface area contributed by atoms with Crippen molar-refractivity contribution in [2.45, 2.75) is 33.4 Å². The molecule has 0 saturated heterocycles. The maximum Gasteiger partial charge on any atom is 0.261 e. The number of benzene rings is 1. The van der Waals surface area contributed by atoms with E-state index in [0.717, 1.165) is 34.4 Å². The van der Waals surface area contributed by atoms with E-state index in [1.807, 2.05) is 42.6 Å². The van der Waals surface area contributed by atoms with E-state index in [1.54, 1.807) is 22.4 Å². The Morgan fingerprint density at radius 1 is 1.14 bits per heavy atom. The molecule has 0 bridgehead atoms. The lowest BCUT2D eigenvalue weighted by molar-refractivity contribution is 0.181. The molecule has 0 N–H and O–H groups in total. The number of hydrogen-bond acceptors (Lipinski definition) is 4. The van der Waals surface area contributed by atoms with Crippen molar-refractivity contribution in [2.75, 3.05) is 7.11 Å². The second kappa shape index (κ2) is 7.56. The summed E-state index contributed by atoms with van der Waals surface area (Å²) in [5, 5.41) is 5.31. The van der Waals surface area contributed by atoms with Gasteiger partial charge in [-0.3, -0.25) is 4.79 Å². The number of hydrogen-bond donors (Lipinski definition) is 0. The third-order valence-electron chi connectivity index (χ3n) is 4.95. The smallest absolute Gasteiger partial charge is 0.261 e. The fourth-order valence-electron chi connectivity index (χ4n) is 3.47. The molecule has 3 aromatic heterocycles. The lowest BCUT2D eigenvalue weighted by Crippen LogP contribution is -2.21. The van der Waals surface area contributed by atoms with E-state index >= 15 is 0 Å². The minimum absolute atomic E-state index is 0.0300. The normalized spacial score (nSPS) is 11.7. The minimum atomic E-state index is -0.0300. The molecule has 4 aromatic rings. The Labute approximate surface area is 163 Å². The van der Waals surface area contributed by atoms with Crippen LogP contribution in [0.2, 0.25) is 0 Å². The number of aromatic nitrogens is 4. The van der Waals surface area contributed by atoms with Gasteiger partial charge >= 0.3 is 0 Å². The van der Waals surface area contributed by atoms with Crippen molar-refractivity contribution in [3.8, 4) is 11.1 Å².